The van der Waals surface area contributed by atoms with Crippen LogP contribution in [0.15, 0.2) is 30.5 Å². The largest absolute Gasteiger partial charge is 0.479 e. The highest BCUT2D eigenvalue weighted by Crippen LogP contribution is 2.35. The number of nitrogens with zero attached hydrogens (tertiary/aromatic N) is 7. The molecule has 0 amide bonds. The molecule has 6 rings (SSSR count). The Morgan fingerprint density at radius 3 is 2.79 bits per heavy atom. The van der Waals surface area contributed by atoms with E-state index < -0.39 is 18.4 Å². The van der Waals surface area contributed by atoms with E-state index in [2.05, 4.69) is 25.7 Å². The number of hydrogen-bond donors (Lipinski definition) is 1. The molecule has 1 atom stereocenters. The quantitative estimate of drug-likeness (QED) is 0.344. The van der Waals surface area contributed by atoms with E-state index in [1.807, 2.05) is 12.1 Å². The van der Waals surface area contributed by atoms with E-state index in [0.29, 0.717) is 36.3 Å². The van der Waals surface area contributed by atoms with Gasteiger partial charge in [-0.15, -0.1) is 10.2 Å². The normalized spacial score (nSPS) is 20.3. The zero-order valence-electron chi connectivity index (χ0n) is 20.5. The number of benzene rings is 1. The van der Waals surface area contributed by atoms with Crippen LogP contribution in [0.5, 0.6) is 5.88 Å². The van der Waals surface area contributed by atoms with Gasteiger partial charge in [0.15, 0.2) is 0 Å². The summed E-state index contributed by atoms with van der Waals surface area (Å²) >= 11 is 0. The highest BCUT2D eigenvalue weighted by molar-refractivity contribution is 5.89. The monoisotopic (exact) mass is 534 g/mol. The first-order valence-corrected chi connectivity index (χ1v) is 12.3. The van der Waals surface area contributed by atoms with Crippen molar-refractivity contribution in [1.29, 1.82) is 0 Å². The Kier molecular flexibility index (Phi) is 6.30. The van der Waals surface area contributed by atoms with Crippen LogP contribution in [-0.4, -0.2) is 92.3 Å². The summed E-state index contributed by atoms with van der Waals surface area (Å²) in [7, 11) is 1.45. The minimum Gasteiger partial charge on any atom is -0.479 e. The molecule has 38 heavy (non-hydrogen) atoms. The molecule has 3 aromatic heterocycles. The molecular weight excluding hydrogens is 508 g/mol. The smallest absolute Gasteiger partial charge is 0.280 e. The van der Waals surface area contributed by atoms with Gasteiger partial charge in [-0.1, -0.05) is 11.3 Å². The van der Waals surface area contributed by atoms with E-state index in [4.69, 9.17) is 9.47 Å². The zero-order valence-corrected chi connectivity index (χ0v) is 20.5. The van der Waals surface area contributed by atoms with E-state index in [9.17, 15) is 17.6 Å². The summed E-state index contributed by atoms with van der Waals surface area (Å²) in [6.45, 7) is 1.19. The molecular formula is C24H26F4N8O2. The number of fused-ring (bicyclic) bond motifs is 2. The second-order valence-electron chi connectivity index (χ2n) is 9.57. The van der Waals surface area contributed by atoms with Gasteiger partial charge in [-0.05, 0) is 30.2 Å². The minimum atomic E-state index is -2.97. The molecule has 0 spiro atoms. The number of aromatic nitrogens is 6. The third-order valence-electron chi connectivity index (χ3n) is 7.13. The molecule has 4 aromatic rings. The van der Waals surface area contributed by atoms with Crippen LogP contribution in [0, 0.1) is 0 Å². The summed E-state index contributed by atoms with van der Waals surface area (Å²) in [6, 6.07) is 6.12. The highest BCUT2D eigenvalue weighted by Gasteiger charge is 2.47. The van der Waals surface area contributed by atoms with Crippen LogP contribution in [0.3, 0.4) is 0 Å². The van der Waals surface area contributed by atoms with Crippen LogP contribution in [0.1, 0.15) is 12.8 Å². The first-order chi connectivity index (χ1) is 18.3. The average molecular weight is 535 g/mol. The molecule has 202 valence electrons. The van der Waals surface area contributed by atoms with Gasteiger partial charge in [0.1, 0.15) is 11.0 Å². The lowest BCUT2D eigenvalue weighted by Crippen LogP contribution is -2.61. The van der Waals surface area contributed by atoms with Gasteiger partial charge in [-0.2, -0.15) is 4.98 Å². The molecule has 14 heteroatoms. The summed E-state index contributed by atoms with van der Waals surface area (Å²) in [4.78, 5) is 6.17. The lowest BCUT2D eigenvalue weighted by molar-refractivity contribution is -0.131. The fourth-order valence-electron chi connectivity index (χ4n) is 4.99. The summed E-state index contributed by atoms with van der Waals surface area (Å²) < 4.78 is 69.1. The second-order valence-corrected chi connectivity index (χ2v) is 9.57. The van der Waals surface area contributed by atoms with Crippen molar-refractivity contribution in [3.05, 3.63) is 30.5 Å². The van der Waals surface area contributed by atoms with E-state index >= 15 is 0 Å². The Balaban J connectivity index is 1.28. The maximum atomic E-state index is 15.0. The molecule has 0 saturated carbocycles. The number of anilines is 1. The predicted octanol–water partition coefficient (Wildman–Crippen LogP) is 3.33. The molecule has 2 saturated heterocycles. The molecule has 0 bridgehead atoms. The predicted molar refractivity (Wildman–Crippen MR) is 130 cm³/mol. The average Bonchev–Trinajstić information content (AvgIpc) is 3.46. The fraction of sp³-hybridized carbons (Fsp3) is 0.500. The standard InChI is InChI=1S/C24H26F4N8O2/c1-37-22-21-16(14-2-3-17-18(10-14)35(33-31-17)9-6-20(25)26)4-8-36(21)32-23(30-22)29-19-5-7-34(13-24(19,27)28)15-11-38-12-15/h2-4,8,10,15,19-20H,5-7,9,11-13H2,1H3,(H,29,32). The number of ether oxygens (including phenoxy) is 2. The molecule has 2 fully saturated rings. The third-order valence-corrected chi connectivity index (χ3v) is 7.13. The number of likely N-dealkylation sites (tertiary alicyclic amines) is 1. The Labute approximate surface area is 214 Å². The van der Waals surface area contributed by atoms with Crippen LogP contribution in [0.2, 0.25) is 0 Å². The van der Waals surface area contributed by atoms with Crippen LogP contribution >= 0.6 is 0 Å². The minimum absolute atomic E-state index is 0.0336. The fourth-order valence-corrected chi connectivity index (χ4v) is 4.99. The summed E-state index contributed by atoms with van der Waals surface area (Å²) in [5.74, 6) is -2.73. The van der Waals surface area contributed by atoms with Crippen molar-refractivity contribution in [2.45, 2.75) is 43.8 Å². The topological polar surface area (TPSA) is 94.6 Å². The maximum Gasteiger partial charge on any atom is 0.280 e. The molecule has 2 aliphatic rings. The number of methoxy groups -OCH3 is 1. The first kappa shape index (κ1) is 24.8. The Hall–Kier alpha value is -3.52. The Morgan fingerprint density at radius 1 is 1.24 bits per heavy atom. The van der Waals surface area contributed by atoms with E-state index in [1.165, 1.54) is 16.3 Å². The van der Waals surface area contributed by atoms with Gasteiger partial charge < -0.3 is 14.8 Å². The van der Waals surface area contributed by atoms with Gasteiger partial charge >= 0.3 is 0 Å². The lowest BCUT2D eigenvalue weighted by Gasteiger charge is -2.44. The first-order valence-electron chi connectivity index (χ1n) is 12.3. The third kappa shape index (κ3) is 4.51. The van der Waals surface area contributed by atoms with Crippen LogP contribution in [-0.2, 0) is 11.3 Å². The van der Waals surface area contributed by atoms with Gasteiger partial charge in [-0.3, -0.25) is 4.90 Å². The molecule has 0 aliphatic carbocycles. The molecule has 5 heterocycles. The molecule has 2 aliphatic heterocycles. The molecule has 0 radical (unpaired) electrons. The number of aryl methyl sites for hydroxylation is 1. The summed E-state index contributed by atoms with van der Waals surface area (Å²) in [6.07, 6.45) is -0.852. The van der Waals surface area contributed by atoms with Crippen molar-refractivity contribution in [1.82, 2.24) is 34.5 Å². The highest BCUT2D eigenvalue weighted by atomic mass is 19.3. The van der Waals surface area contributed by atoms with E-state index in [0.717, 1.165) is 11.1 Å². The van der Waals surface area contributed by atoms with Crippen LogP contribution < -0.4 is 10.1 Å². The van der Waals surface area contributed by atoms with Crippen molar-refractivity contribution in [2.24, 2.45) is 0 Å². The summed E-state index contributed by atoms with van der Waals surface area (Å²) in [5, 5.41) is 15.3. The SMILES string of the molecule is COc1nc(NC2CCN(C3COC3)CC2(F)F)nn2ccc(-c3ccc4nnn(CCC(F)F)c4c3)c12. The van der Waals surface area contributed by atoms with Crippen molar-refractivity contribution < 1.29 is 27.0 Å². The van der Waals surface area contributed by atoms with E-state index in [-0.39, 0.29) is 43.8 Å². The van der Waals surface area contributed by atoms with Crippen molar-refractivity contribution >= 4 is 22.5 Å². The van der Waals surface area contributed by atoms with Crippen molar-refractivity contribution in [3.63, 3.8) is 0 Å². The lowest BCUT2D eigenvalue weighted by atomic mass is 9.98. The summed E-state index contributed by atoms with van der Waals surface area (Å²) in [5.41, 5.74) is 3.21. The van der Waals surface area contributed by atoms with Crippen LogP contribution in [0.4, 0.5) is 23.5 Å². The van der Waals surface area contributed by atoms with Crippen molar-refractivity contribution in [3.8, 4) is 17.0 Å². The van der Waals surface area contributed by atoms with Gasteiger partial charge in [0.05, 0.1) is 44.5 Å². The number of rotatable bonds is 8. The number of hydrogen-bond acceptors (Lipinski definition) is 8. The van der Waals surface area contributed by atoms with Gasteiger partial charge in [-0.25, -0.2) is 26.8 Å². The molecule has 10 nitrogen and oxygen atoms in total. The molecule has 1 aromatic carbocycles. The van der Waals surface area contributed by atoms with Gasteiger partial charge in [0.2, 0.25) is 18.3 Å². The van der Waals surface area contributed by atoms with Crippen LogP contribution in [0.25, 0.3) is 27.7 Å². The van der Waals surface area contributed by atoms with Gasteiger partial charge in [0, 0.05) is 31.3 Å². The number of halogens is 4. The maximum absolute atomic E-state index is 15.0. The van der Waals surface area contributed by atoms with Crippen molar-refractivity contribution in [2.75, 3.05) is 38.7 Å². The number of piperidine rings is 1. The van der Waals surface area contributed by atoms with E-state index in [1.54, 1.807) is 23.2 Å². The Bertz CT molecular complexity index is 1450. The zero-order chi connectivity index (χ0) is 26.4. The molecule has 1 N–H and O–H groups in total. The second kappa shape index (κ2) is 9.66. The number of nitrogens with one attached hydrogen (secondary N) is 1. The molecule has 1 unspecified atom stereocenters. The number of alkyl halides is 4. The Morgan fingerprint density at radius 2 is 2.08 bits per heavy atom. The van der Waals surface area contributed by atoms with Gasteiger partial charge in [0.25, 0.3) is 5.92 Å².